The number of hydrogen-bond acceptors (Lipinski definition) is 4. The normalized spacial score (nSPS) is 10.9. The Morgan fingerprint density at radius 3 is 1.98 bits per heavy atom. The molecule has 0 saturated carbocycles. The van der Waals surface area contributed by atoms with E-state index in [9.17, 15) is 9.59 Å². The summed E-state index contributed by atoms with van der Waals surface area (Å²) in [6.45, 7) is 8.73. The molecule has 0 amide bonds. The Kier molecular flexibility index (Phi) is 13.9. The Labute approximate surface area is 256 Å². The van der Waals surface area contributed by atoms with Crippen LogP contribution in [-0.2, 0) is 19.5 Å². The van der Waals surface area contributed by atoms with Crippen molar-refractivity contribution in [3.8, 4) is 0 Å². The molecule has 0 atom stereocenters. The molecule has 0 aliphatic rings. The van der Waals surface area contributed by atoms with E-state index in [0.29, 0.717) is 6.67 Å². The van der Waals surface area contributed by atoms with Crippen LogP contribution < -0.4 is 10.9 Å². The predicted molar refractivity (Wildman–Crippen MR) is 182 cm³/mol. The van der Waals surface area contributed by atoms with Gasteiger partial charge in [0.25, 0.3) is 0 Å². The molecule has 1 N–H and O–H groups in total. The summed E-state index contributed by atoms with van der Waals surface area (Å²) < 4.78 is 2.12. The van der Waals surface area contributed by atoms with Gasteiger partial charge in [0, 0.05) is 38.8 Å². The molecule has 0 aliphatic carbocycles. The van der Waals surface area contributed by atoms with E-state index in [1.165, 1.54) is 51.4 Å². The topological polar surface area (TPSA) is 67.2 Å². The monoisotopic (exact) mass is 585 g/mol. The van der Waals surface area contributed by atoms with Crippen molar-refractivity contribution >= 4 is 39.2 Å². The highest BCUT2D eigenvalue weighted by molar-refractivity contribution is 7.78. The van der Waals surface area contributed by atoms with Gasteiger partial charge in [-0.25, -0.2) is 4.99 Å². The van der Waals surface area contributed by atoms with Crippen LogP contribution in [0.25, 0.3) is 21.8 Å². The van der Waals surface area contributed by atoms with Gasteiger partial charge in [-0.15, -0.1) is 0 Å². The van der Waals surface area contributed by atoms with E-state index in [-0.39, 0.29) is 10.9 Å². The first-order valence-corrected chi connectivity index (χ1v) is 16.1. The summed E-state index contributed by atoms with van der Waals surface area (Å²) in [6, 6.07) is 15.5. The summed E-state index contributed by atoms with van der Waals surface area (Å²) in [5.74, 6) is 0. The highest BCUT2D eigenvalue weighted by Crippen LogP contribution is 2.19. The molecule has 0 radical (unpaired) electrons. The second-order valence-electron chi connectivity index (χ2n) is 11.2. The minimum absolute atomic E-state index is 0.131. The number of hydrogen-bond donors (Lipinski definition) is 1. The van der Waals surface area contributed by atoms with Gasteiger partial charge in [0.05, 0.1) is 10.7 Å². The maximum Gasteiger partial charge on any atom is 0.192 e. The van der Waals surface area contributed by atoms with Gasteiger partial charge in [-0.05, 0) is 76.0 Å². The fourth-order valence-electron chi connectivity index (χ4n) is 5.60. The third kappa shape index (κ3) is 8.83. The summed E-state index contributed by atoms with van der Waals surface area (Å²) in [7, 11) is 0. The van der Waals surface area contributed by atoms with Crippen LogP contribution in [-0.4, -0.2) is 14.7 Å². The lowest BCUT2D eigenvalue weighted by Gasteiger charge is -2.17. The second-order valence-corrected chi connectivity index (χ2v) is 11.4. The molecule has 2 aromatic carbocycles. The third-order valence-corrected chi connectivity index (χ3v) is 8.24. The van der Waals surface area contributed by atoms with Gasteiger partial charge < -0.3 is 9.55 Å². The molecule has 42 heavy (non-hydrogen) atoms. The number of pyridine rings is 2. The molecule has 0 aliphatic heterocycles. The smallest absolute Gasteiger partial charge is 0.192 e. The van der Waals surface area contributed by atoms with Crippen LogP contribution in [0.15, 0.2) is 63.1 Å². The fourth-order valence-corrected chi connectivity index (χ4v) is 5.66. The number of unbranched alkanes of at least 4 members (excludes halogenated alkanes) is 8. The van der Waals surface area contributed by atoms with Crippen molar-refractivity contribution in [2.45, 2.75) is 111 Å². The van der Waals surface area contributed by atoms with Crippen LogP contribution in [0.1, 0.15) is 101 Å². The summed E-state index contributed by atoms with van der Waals surface area (Å²) in [5.41, 5.74) is 6.11. The van der Waals surface area contributed by atoms with E-state index in [1.54, 1.807) is 0 Å². The molecule has 2 heterocycles. The summed E-state index contributed by atoms with van der Waals surface area (Å²) in [6.07, 6.45) is 14.2. The number of aliphatic imine (C=N–C) groups is 1. The van der Waals surface area contributed by atoms with Crippen molar-refractivity contribution in [2.75, 3.05) is 0 Å². The van der Waals surface area contributed by atoms with Crippen LogP contribution >= 0.6 is 12.2 Å². The van der Waals surface area contributed by atoms with Crippen molar-refractivity contribution in [1.29, 1.82) is 0 Å². The number of aryl methyl sites for hydroxylation is 1. The molecular formula is C36H47N3O2S. The van der Waals surface area contributed by atoms with E-state index >= 15 is 0 Å². The van der Waals surface area contributed by atoms with Crippen molar-refractivity contribution in [2.24, 2.45) is 4.99 Å². The van der Waals surface area contributed by atoms with Gasteiger partial charge in [-0.2, -0.15) is 0 Å². The minimum atomic E-state index is 0.131. The van der Waals surface area contributed by atoms with E-state index < -0.39 is 0 Å². The van der Waals surface area contributed by atoms with Gasteiger partial charge >= 0.3 is 0 Å². The van der Waals surface area contributed by atoms with Gasteiger partial charge in [-0.3, -0.25) is 9.59 Å². The zero-order chi connectivity index (χ0) is 30.3. The predicted octanol–water partition coefficient (Wildman–Crippen LogP) is 9.23. The first kappa shape index (κ1) is 33.2. The maximum atomic E-state index is 12.6. The van der Waals surface area contributed by atoms with E-state index in [2.05, 4.69) is 33.6 Å². The zero-order valence-electron chi connectivity index (χ0n) is 25.9. The average molecular weight is 586 g/mol. The Balaban J connectivity index is 0.000000235. The highest BCUT2D eigenvalue weighted by Gasteiger charge is 2.13. The molecule has 6 heteroatoms. The molecule has 0 fully saturated rings. The van der Waals surface area contributed by atoms with Crippen molar-refractivity contribution in [1.82, 2.24) is 9.55 Å². The molecule has 4 rings (SSSR count). The van der Waals surface area contributed by atoms with Crippen molar-refractivity contribution in [3.05, 3.63) is 91.5 Å². The molecule has 2 aromatic heterocycles. The number of thiocarbonyl (C=S) groups is 1. The molecule has 5 nitrogen and oxygen atoms in total. The van der Waals surface area contributed by atoms with Crippen LogP contribution in [0.3, 0.4) is 0 Å². The molecule has 0 bridgehead atoms. The SMILES string of the molecule is CCCCCCCc1[nH]c2ccccc2c(=O)c1C.CCCCCCCc1c(C)c(=O)c2ccccc2n1CN=C=S. The lowest BCUT2D eigenvalue weighted by molar-refractivity contribution is 0.607. The van der Waals surface area contributed by atoms with Crippen LogP contribution in [0.2, 0.25) is 0 Å². The summed E-state index contributed by atoms with van der Waals surface area (Å²) in [5, 5.41) is 3.99. The number of benzene rings is 2. The van der Waals surface area contributed by atoms with Gasteiger partial charge in [0.2, 0.25) is 0 Å². The number of aromatic nitrogens is 2. The number of para-hydroxylation sites is 2. The number of rotatable bonds is 14. The van der Waals surface area contributed by atoms with E-state index in [1.807, 2.05) is 62.4 Å². The number of nitrogens with one attached hydrogen (secondary N) is 1. The lowest BCUT2D eigenvalue weighted by Crippen LogP contribution is -2.18. The number of isothiocyanates is 1. The summed E-state index contributed by atoms with van der Waals surface area (Å²) in [4.78, 5) is 32.4. The lowest BCUT2D eigenvalue weighted by atomic mass is 10.0. The zero-order valence-corrected chi connectivity index (χ0v) is 26.7. The van der Waals surface area contributed by atoms with Crippen molar-refractivity contribution in [3.63, 3.8) is 0 Å². The fraction of sp³-hybridized carbons (Fsp3) is 0.472. The van der Waals surface area contributed by atoms with Crippen LogP contribution in [0.4, 0.5) is 0 Å². The van der Waals surface area contributed by atoms with Crippen LogP contribution in [0.5, 0.6) is 0 Å². The first-order chi connectivity index (χ1) is 20.4. The number of fused-ring (bicyclic) bond motifs is 2. The third-order valence-electron chi connectivity index (χ3n) is 8.11. The number of nitrogens with zero attached hydrogens (tertiary/aromatic N) is 2. The van der Waals surface area contributed by atoms with Gasteiger partial charge in [0.15, 0.2) is 10.9 Å². The molecule has 4 aromatic rings. The largest absolute Gasteiger partial charge is 0.358 e. The maximum absolute atomic E-state index is 12.6. The quantitative estimate of drug-likeness (QED) is 0.0911. The Morgan fingerprint density at radius 1 is 0.738 bits per heavy atom. The molecule has 0 saturated heterocycles. The van der Waals surface area contributed by atoms with E-state index in [4.69, 9.17) is 12.2 Å². The first-order valence-electron chi connectivity index (χ1n) is 15.7. The Hall–Kier alpha value is -3.34. The summed E-state index contributed by atoms with van der Waals surface area (Å²) >= 11 is 4.72. The number of aromatic amines is 1. The average Bonchev–Trinajstić information content (AvgIpc) is 3.01. The Bertz CT molecular complexity index is 1610. The van der Waals surface area contributed by atoms with Gasteiger partial charge in [0.1, 0.15) is 6.67 Å². The second kappa shape index (κ2) is 17.6. The molecule has 0 spiro atoms. The molecular weight excluding hydrogens is 538 g/mol. The Morgan fingerprint density at radius 2 is 1.31 bits per heavy atom. The van der Waals surface area contributed by atoms with E-state index in [0.717, 1.165) is 70.0 Å². The minimum Gasteiger partial charge on any atom is -0.358 e. The van der Waals surface area contributed by atoms with Gasteiger partial charge in [-0.1, -0.05) is 89.5 Å². The van der Waals surface area contributed by atoms with Crippen LogP contribution in [0, 0.1) is 13.8 Å². The highest BCUT2D eigenvalue weighted by atomic mass is 32.1. The molecule has 224 valence electrons. The van der Waals surface area contributed by atoms with Crippen molar-refractivity contribution < 1.29 is 0 Å². The standard InChI is InChI=1S/C19H24N2OS.C17H23NO/c1-3-4-5-6-7-11-17-15(2)19(22)16-10-8-9-12-18(16)21(17)13-20-14-23;1-3-4-5-6-7-11-15-13(2)17(19)14-10-8-9-12-16(14)18-15/h8-10,12H,3-7,11,13H2,1-2H3;8-10,12H,3-7,11H2,1-2H3,(H,18,19). The number of H-pyrrole nitrogens is 1. The molecule has 0 unspecified atom stereocenters.